The number of halogens is 2. The molecule has 0 atom stereocenters. The van der Waals surface area contributed by atoms with Crippen molar-refractivity contribution in [3.63, 3.8) is 0 Å². The fourth-order valence-corrected chi connectivity index (χ4v) is 2.45. The summed E-state index contributed by atoms with van der Waals surface area (Å²) in [4.78, 5) is 2.42. The Kier molecular flexibility index (Phi) is 5.81. The van der Waals surface area contributed by atoms with Crippen molar-refractivity contribution in [2.24, 2.45) is 5.92 Å². The minimum absolute atomic E-state index is 0.689. The van der Waals surface area contributed by atoms with E-state index in [9.17, 15) is 0 Å². The van der Waals surface area contributed by atoms with Gasteiger partial charge in [-0.3, -0.25) is 4.90 Å². The van der Waals surface area contributed by atoms with E-state index in [1.807, 2.05) is 12.1 Å². The van der Waals surface area contributed by atoms with Crippen molar-refractivity contribution in [2.45, 2.75) is 27.3 Å². The molecule has 0 N–H and O–H groups in total. The zero-order valence-corrected chi connectivity index (χ0v) is 12.5. The first-order valence-electron chi connectivity index (χ1n) is 5.69. The van der Waals surface area contributed by atoms with E-state index in [1.165, 1.54) is 5.56 Å². The molecule has 0 aliphatic rings. The monoisotopic (exact) mass is 303 g/mol. The molecule has 1 aromatic rings. The molecule has 0 saturated carbocycles. The van der Waals surface area contributed by atoms with Crippen LogP contribution in [0.3, 0.4) is 0 Å². The molecule has 0 spiro atoms. The van der Waals surface area contributed by atoms with Crippen molar-refractivity contribution in [3.05, 3.63) is 33.3 Å². The summed E-state index contributed by atoms with van der Waals surface area (Å²) < 4.78 is 1.04. The summed E-state index contributed by atoms with van der Waals surface area (Å²) in [5.41, 5.74) is 1.20. The number of hydrogen-bond donors (Lipinski definition) is 0. The van der Waals surface area contributed by atoms with Gasteiger partial charge in [0.15, 0.2) is 0 Å². The van der Waals surface area contributed by atoms with Crippen LogP contribution in [-0.4, -0.2) is 18.0 Å². The van der Waals surface area contributed by atoms with Crippen molar-refractivity contribution < 1.29 is 0 Å². The number of benzene rings is 1. The van der Waals surface area contributed by atoms with Gasteiger partial charge in [0.1, 0.15) is 0 Å². The van der Waals surface area contributed by atoms with Gasteiger partial charge in [0.2, 0.25) is 0 Å². The van der Waals surface area contributed by atoms with Gasteiger partial charge in [0.25, 0.3) is 0 Å². The molecule has 1 nitrogen and oxygen atoms in total. The van der Waals surface area contributed by atoms with Gasteiger partial charge in [0.05, 0.1) is 0 Å². The van der Waals surface area contributed by atoms with Crippen molar-refractivity contribution >= 4 is 27.5 Å². The maximum atomic E-state index is 6.21. The Morgan fingerprint density at radius 2 is 2.06 bits per heavy atom. The molecule has 0 amide bonds. The van der Waals surface area contributed by atoms with Gasteiger partial charge in [-0.15, -0.1) is 0 Å². The lowest BCUT2D eigenvalue weighted by molar-refractivity contribution is 0.248. The van der Waals surface area contributed by atoms with E-state index < -0.39 is 0 Å². The van der Waals surface area contributed by atoms with Gasteiger partial charge >= 0.3 is 0 Å². The molecule has 90 valence electrons. The molecule has 0 unspecified atom stereocenters. The molecule has 1 rings (SSSR count). The third kappa shape index (κ3) is 4.44. The maximum Gasteiger partial charge on any atom is 0.0462 e. The zero-order chi connectivity index (χ0) is 12.1. The molecule has 0 radical (unpaired) electrons. The van der Waals surface area contributed by atoms with E-state index in [0.29, 0.717) is 5.92 Å². The maximum absolute atomic E-state index is 6.21. The van der Waals surface area contributed by atoms with Crippen LogP contribution in [0.5, 0.6) is 0 Å². The molecule has 0 saturated heterocycles. The van der Waals surface area contributed by atoms with E-state index in [0.717, 1.165) is 29.1 Å². The molecule has 0 aromatic heterocycles. The molecule has 16 heavy (non-hydrogen) atoms. The highest BCUT2D eigenvalue weighted by atomic mass is 79.9. The molecule has 0 aliphatic heterocycles. The van der Waals surface area contributed by atoms with Crippen molar-refractivity contribution in [2.75, 3.05) is 13.1 Å². The highest BCUT2D eigenvalue weighted by Crippen LogP contribution is 2.22. The number of rotatable bonds is 5. The zero-order valence-electron chi connectivity index (χ0n) is 10.1. The molecule has 0 aliphatic carbocycles. The van der Waals surface area contributed by atoms with E-state index in [-0.39, 0.29) is 0 Å². The van der Waals surface area contributed by atoms with Crippen LogP contribution in [-0.2, 0) is 6.54 Å². The standard InChI is InChI=1S/C13H19BrClN/c1-4-16(8-10(2)3)9-11-5-6-12(14)7-13(11)15/h5-7,10H,4,8-9H2,1-3H3. The highest BCUT2D eigenvalue weighted by molar-refractivity contribution is 9.10. The first kappa shape index (κ1) is 14.0. The molecule has 0 fully saturated rings. The number of nitrogens with zero attached hydrogens (tertiary/aromatic N) is 1. The minimum Gasteiger partial charge on any atom is -0.299 e. The van der Waals surface area contributed by atoms with Crippen molar-refractivity contribution in [1.82, 2.24) is 4.90 Å². The Morgan fingerprint density at radius 3 is 2.56 bits per heavy atom. The molecular weight excluding hydrogens is 286 g/mol. The van der Waals surface area contributed by atoms with Gasteiger partial charge in [-0.2, -0.15) is 0 Å². The second-order valence-corrected chi connectivity index (χ2v) is 5.78. The van der Waals surface area contributed by atoms with Crippen molar-refractivity contribution in [3.8, 4) is 0 Å². The Balaban J connectivity index is 2.70. The third-order valence-electron chi connectivity index (χ3n) is 2.48. The van der Waals surface area contributed by atoms with Crippen LogP contribution in [0.2, 0.25) is 5.02 Å². The van der Waals surface area contributed by atoms with Gasteiger partial charge in [0, 0.05) is 22.6 Å². The average Bonchev–Trinajstić information content (AvgIpc) is 2.20. The van der Waals surface area contributed by atoms with Crippen LogP contribution in [0.25, 0.3) is 0 Å². The Morgan fingerprint density at radius 1 is 1.38 bits per heavy atom. The summed E-state index contributed by atoms with van der Waals surface area (Å²) >= 11 is 9.63. The van der Waals surface area contributed by atoms with Crippen LogP contribution >= 0.6 is 27.5 Å². The van der Waals surface area contributed by atoms with Gasteiger partial charge in [-0.25, -0.2) is 0 Å². The summed E-state index contributed by atoms with van der Waals surface area (Å²) in [5, 5.41) is 0.844. The van der Waals surface area contributed by atoms with Crippen LogP contribution in [0.4, 0.5) is 0 Å². The Hall–Kier alpha value is -0.0500. The molecular formula is C13H19BrClN. The highest BCUT2D eigenvalue weighted by Gasteiger charge is 2.08. The topological polar surface area (TPSA) is 3.24 Å². The summed E-state index contributed by atoms with van der Waals surface area (Å²) in [5.74, 6) is 0.689. The van der Waals surface area contributed by atoms with E-state index in [1.54, 1.807) is 0 Å². The van der Waals surface area contributed by atoms with Gasteiger partial charge in [-0.05, 0) is 30.2 Å². The lowest BCUT2D eigenvalue weighted by Crippen LogP contribution is -2.27. The van der Waals surface area contributed by atoms with Crippen LogP contribution in [0.1, 0.15) is 26.3 Å². The van der Waals surface area contributed by atoms with E-state index in [2.05, 4.69) is 47.7 Å². The fraction of sp³-hybridized carbons (Fsp3) is 0.538. The first-order valence-corrected chi connectivity index (χ1v) is 6.86. The van der Waals surface area contributed by atoms with Crippen molar-refractivity contribution in [1.29, 1.82) is 0 Å². The van der Waals surface area contributed by atoms with Gasteiger partial charge < -0.3 is 0 Å². The molecule has 0 bridgehead atoms. The Labute approximate surface area is 112 Å². The molecule has 0 heterocycles. The fourth-order valence-electron chi connectivity index (χ4n) is 1.71. The molecule has 1 aromatic carbocycles. The second kappa shape index (κ2) is 6.63. The lowest BCUT2D eigenvalue weighted by atomic mass is 10.1. The normalized spacial score (nSPS) is 11.4. The molecule has 3 heteroatoms. The predicted molar refractivity (Wildman–Crippen MR) is 74.9 cm³/mol. The summed E-state index contributed by atoms with van der Waals surface area (Å²) in [6.07, 6.45) is 0. The average molecular weight is 305 g/mol. The summed E-state index contributed by atoms with van der Waals surface area (Å²) in [6.45, 7) is 9.78. The van der Waals surface area contributed by atoms with Crippen LogP contribution in [0, 0.1) is 5.92 Å². The minimum atomic E-state index is 0.689. The Bertz CT molecular complexity index is 339. The predicted octanol–water partition coefficient (Wildman–Crippen LogP) is 4.58. The summed E-state index contributed by atoms with van der Waals surface area (Å²) in [7, 11) is 0. The van der Waals surface area contributed by atoms with Crippen LogP contribution < -0.4 is 0 Å². The smallest absolute Gasteiger partial charge is 0.0462 e. The summed E-state index contributed by atoms with van der Waals surface area (Å²) in [6, 6.07) is 6.10. The quantitative estimate of drug-likeness (QED) is 0.769. The first-order chi connectivity index (χ1) is 7.52. The third-order valence-corrected chi connectivity index (χ3v) is 3.32. The lowest BCUT2D eigenvalue weighted by Gasteiger charge is -2.23. The van der Waals surface area contributed by atoms with E-state index in [4.69, 9.17) is 11.6 Å². The largest absolute Gasteiger partial charge is 0.299 e. The number of hydrogen-bond acceptors (Lipinski definition) is 1. The van der Waals surface area contributed by atoms with Crippen LogP contribution in [0.15, 0.2) is 22.7 Å². The SMILES string of the molecule is CCN(Cc1ccc(Br)cc1Cl)CC(C)C. The van der Waals surface area contributed by atoms with Gasteiger partial charge in [-0.1, -0.05) is 54.4 Å². The second-order valence-electron chi connectivity index (χ2n) is 4.46. The van der Waals surface area contributed by atoms with E-state index >= 15 is 0 Å².